The van der Waals surface area contributed by atoms with Crippen molar-refractivity contribution < 1.29 is 22.4 Å². The summed E-state index contributed by atoms with van der Waals surface area (Å²) in [5.41, 5.74) is 2.12. The number of hydrogen-bond donors (Lipinski definition) is 1. The van der Waals surface area contributed by atoms with Crippen molar-refractivity contribution in [3.63, 3.8) is 0 Å². The lowest BCUT2D eigenvalue weighted by molar-refractivity contribution is 0.316. The highest BCUT2D eigenvalue weighted by Gasteiger charge is 2.04. The van der Waals surface area contributed by atoms with Crippen molar-refractivity contribution in [3.8, 4) is 22.6 Å². The third-order valence-corrected chi connectivity index (χ3v) is 3.90. The molecule has 0 radical (unpaired) electrons. The molecule has 0 saturated carbocycles. The van der Waals surface area contributed by atoms with Crippen molar-refractivity contribution in [1.29, 1.82) is 0 Å². The Morgan fingerprint density at radius 1 is 0.909 bits per heavy atom. The molecule has 0 saturated heterocycles. The number of rotatable bonds is 7. The van der Waals surface area contributed by atoms with Crippen LogP contribution in [0.2, 0.25) is 0 Å². The quantitative estimate of drug-likeness (QED) is 0.626. The Bertz CT molecular complexity index is 690. The van der Waals surface area contributed by atoms with E-state index in [1.54, 1.807) is 7.11 Å². The number of methoxy groups -OCH3 is 1. The zero-order valence-electron chi connectivity index (χ0n) is 12.2. The second-order valence-corrected chi connectivity index (χ2v) is 6.31. The summed E-state index contributed by atoms with van der Waals surface area (Å²) >= 11 is 0. The second kappa shape index (κ2) is 7.29. The summed E-state index contributed by atoms with van der Waals surface area (Å²) in [6.45, 7) is 0.238. The normalized spacial score (nSPS) is 11.2. The molecule has 0 unspecified atom stereocenters. The van der Waals surface area contributed by atoms with E-state index in [1.165, 1.54) is 0 Å². The summed E-state index contributed by atoms with van der Waals surface area (Å²) in [7, 11) is -2.29. The third-order valence-electron chi connectivity index (χ3n) is 3.09. The summed E-state index contributed by atoms with van der Waals surface area (Å²) < 4.78 is 40.3. The smallest absolute Gasteiger partial charge is 0.264 e. The van der Waals surface area contributed by atoms with Gasteiger partial charge in [0, 0.05) is 0 Å². The van der Waals surface area contributed by atoms with Crippen LogP contribution in [0.15, 0.2) is 48.5 Å². The van der Waals surface area contributed by atoms with Crippen molar-refractivity contribution in [1.82, 2.24) is 0 Å². The molecular weight excluding hydrogens is 304 g/mol. The molecule has 0 aliphatic heterocycles. The SMILES string of the molecule is COc1ccc(-c2ccc(OCCCS(=O)(=O)O)cc2)cc1. The number of benzene rings is 2. The first-order valence-corrected chi connectivity index (χ1v) is 8.41. The molecule has 2 aromatic carbocycles. The average Bonchev–Trinajstić information content (AvgIpc) is 2.51. The van der Waals surface area contributed by atoms with Crippen LogP contribution in [0.1, 0.15) is 6.42 Å². The van der Waals surface area contributed by atoms with E-state index in [4.69, 9.17) is 14.0 Å². The van der Waals surface area contributed by atoms with Crippen LogP contribution in [0.3, 0.4) is 0 Å². The van der Waals surface area contributed by atoms with Gasteiger partial charge < -0.3 is 9.47 Å². The third kappa shape index (κ3) is 5.05. The maximum Gasteiger partial charge on any atom is 0.264 e. The van der Waals surface area contributed by atoms with Crippen LogP contribution in [-0.2, 0) is 10.1 Å². The highest BCUT2D eigenvalue weighted by atomic mass is 32.2. The predicted octanol–water partition coefficient (Wildman–Crippen LogP) is 3.02. The van der Waals surface area contributed by atoms with E-state index in [0.29, 0.717) is 5.75 Å². The van der Waals surface area contributed by atoms with Crippen LogP contribution in [-0.4, -0.2) is 32.4 Å². The zero-order valence-corrected chi connectivity index (χ0v) is 13.0. The van der Waals surface area contributed by atoms with Crippen LogP contribution in [0.5, 0.6) is 11.5 Å². The second-order valence-electron chi connectivity index (χ2n) is 4.74. The van der Waals surface area contributed by atoms with Crippen molar-refractivity contribution in [2.45, 2.75) is 6.42 Å². The van der Waals surface area contributed by atoms with Crippen molar-refractivity contribution >= 4 is 10.1 Å². The van der Waals surface area contributed by atoms with Gasteiger partial charge in [0.05, 0.1) is 19.5 Å². The van der Waals surface area contributed by atoms with Crippen LogP contribution in [0, 0.1) is 0 Å². The highest BCUT2D eigenvalue weighted by Crippen LogP contribution is 2.24. The van der Waals surface area contributed by atoms with Crippen LogP contribution >= 0.6 is 0 Å². The van der Waals surface area contributed by atoms with Crippen molar-refractivity contribution in [2.75, 3.05) is 19.5 Å². The maximum atomic E-state index is 10.6. The molecule has 22 heavy (non-hydrogen) atoms. The molecule has 0 bridgehead atoms. The summed E-state index contributed by atoms with van der Waals surface area (Å²) in [4.78, 5) is 0. The van der Waals surface area contributed by atoms with Gasteiger partial charge in [0.15, 0.2) is 0 Å². The first kappa shape index (κ1) is 16.3. The Kier molecular flexibility index (Phi) is 5.41. The molecule has 0 aliphatic rings. The van der Waals surface area contributed by atoms with Gasteiger partial charge in [-0.2, -0.15) is 8.42 Å². The summed E-state index contributed by atoms with van der Waals surface area (Å²) in [5, 5.41) is 0. The van der Waals surface area contributed by atoms with Gasteiger partial charge in [0.25, 0.3) is 10.1 Å². The standard InChI is InChI=1S/C16H18O5S/c1-20-15-7-3-13(4-8-15)14-5-9-16(10-6-14)21-11-2-12-22(17,18)19/h3-10H,2,11-12H2,1H3,(H,17,18,19). The molecule has 1 N–H and O–H groups in total. The first-order valence-electron chi connectivity index (χ1n) is 6.80. The summed E-state index contributed by atoms with van der Waals surface area (Å²) in [5.74, 6) is 1.17. The fraction of sp³-hybridized carbons (Fsp3) is 0.250. The molecule has 0 aliphatic carbocycles. The van der Waals surface area contributed by atoms with Gasteiger partial charge >= 0.3 is 0 Å². The Balaban J connectivity index is 1.92. The van der Waals surface area contributed by atoms with Gasteiger partial charge in [-0.05, 0) is 41.8 Å². The Morgan fingerprint density at radius 3 is 1.86 bits per heavy atom. The minimum atomic E-state index is -3.92. The first-order chi connectivity index (χ1) is 10.5. The molecule has 2 aromatic rings. The van der Waals surface area contributed by atoms with Gasteiger partial charge in [-0.1, -0.05) is 24.3 Å². The van der Waals surface area contributed by atoms with E-state index in [2.05, 4.69) is 0 Å². The van der Waals surface area contributed by atoms with E-state index in [0.717, 1.165) is 16.9 Å². The van der Waals surface area contributed by atoms with E-state index in [1.807, 2.05) is 48.5 Å². The van der Waals surface area contributed by atoms with Crippen molar-refractivity contribution in [2.24, 2.45) is 0 Å². The van der Waals surface area contributed by atoms with Gasteiger partial charge in [0.2, 0.25) is 0 Å². The molecule has 5 nitrogen and oxygen atoms in total. The van der Waals surface area contributed by atoms with E-state index < -0.39 is 10.1 Å². The minimum Gasteiger partial charge on any atom is -0.497 e. The van der Waals surface area contributed by atoms with Gasteiger partial charge in [-0.15, -0.1) is 0 Å². The van der Waals surface area contributed by atoms with Crippen LogP contribution < -0.4 is 9.47 Å². The fourth-order valence-corrected chi connectivity index (χ4v) is 2.44. The average molecular weight is 322 g/mol. The monoisotopic (exact) mass is 322 g/mol. The lowest BCUT2D eigenvalue weighted by Gasteiger charge is -2.07. The van der Waals surface area contributed by atoms with Gasteiger partial charge in [0.1, 0.15) is 11.5 Å². The van der Waals surface area contributed by atoms with E-state index in [-0.39, 0.29) is 18.8 Å². The number of hydrogen-bond acceptors (Lipinski definition) is 4. The summed E-state index contributed by atoms with van der Waals surface area (Å²) in [6.07, 6.45) is 0.249. The fourth-order valence-electron chi connectivity index (χ4n) is 1.96. The molecule has 0 aromatic heterocycles. The van der Waals surface area contributed by atoms with E-state index in [9.17, 15) is 8.42 Å². The topological polar surface area (TPSA) is 72.8 Å². The number of ether oxygens (including phenoxy) is 2. The largest absolute Gasteiger partial charge is 0.497 e. The van der Waals surface area contributed by atoms with E-state index >= 15 is 0 Å². The molecule has 0 amide bonds. The molecular formula is C16H18O5S. The lowest BCUT2D eigenvalue weighted by atomic mass is 10.1. The Morgan fingerprint density at radius 2 is 1.41 bits per heavy atom. The molecule has 6 heteroatoms. The summed E-state index contributed by atoms with van der Waals surface area (Å²) in [6, 6.07) is 15.3. The predicted molar refractivity (Wildman–Crippen MR) is 85.0 cm³/mol. The zero-order chi connectivity index (χ0) is 16.0. The van der Waals surface area contributed by atoms with Gasteiger partial charge in [-0.3, -0.25) is 4.55 Å². The van der Waals surface area contributed by atoms with Crippen LogP contribution in [0.4, 0.5) is 0 Å². The lowest BCUT2D eigenvalue weighted by Crippen LogP contribution is -2.08. The Labute approximate surface area is 130 Å². The van der Waals surface area contributed by atoms with Crippen LogP contribution in [0.25, 0.3) is 11.1 Å². The highest BCUT2D eigenvalue weighted by molar-refractivity contribution is 7.85. The van der Waals surface area contributed by atoms with Gasteiger partial charge in [-0.25, -0.2) is 0 Å². The maximum absolute atomic E-state index is 10.6. The molecule has 0 spiro atoms. The molecule has 2 rings (SSSR count). The molecule has 0 atom stereocenters. The molecule has 0 heterocycles. The Hall–Kier alpha value is -2.05. The molecule has 118 valence electrons. The molecule has 0 fully saturated rings. The minimum absolute atomic E-state index is 0.238. The van der Waals surface area contributed by atoms with Crippen molar-refractivity contribution in [3.05, 3.63) is 48.5 Å².